The first-order valence-corrected chi connectivity index (χ1v) is 13.7. The van der Waals surface area contributed by atoms with E-state index in [9.17, 15) is 19.2 Å². The third kappa shape index (κ3) is 10.6. The molecular formula is C27H39N3O7S. The number of carbonyl (C=O) groups is 4. The van der Waals surface area contributed by atoms with Crippen molar-refractivity contribution in [2.45, 2.75) is 64.8 Å². The number of rotatable bonds is 3. The fraction of sp³-hybridized carbons (Fsp3) is 0.556. The molecule has 210 valence electrons. The number of fused-ring (bicyclic) bond motifs is 15. The lowest BCUT2D eigenvalue weighted by Gasteiger charge is -2.27. The molecule has 2 bridgehead atoms. The molecule has 0 saturated heterocycles. The van der Waals surface area contributed by atoms with Gasteiger partial charge >= 0.3 is 12.1 Å². The number of alkyl carbamates (subject to hydrolysis) is 1. The highest BCUT2D eigenvalue weighted by molar-refractivity contribution is 7.99. The van der Waals surface area contributed by atoms with Gasteiger partial charge in [0.25, 0.3) is 0 Å². The van der Waals surface area contributed by atoms with E-state index in [1.807, 2.05) is 24.3 Å². The Morgan fingerprint density at radius 1 is 1.08 bits per heavy atom. The average Bonchev–Trinajstić information content (AvgIpc) is 2.83. The first-order valence-electron chi connectivity index (χ1n) is 12.5. The zero-order chi connectivity index (χ0) is 28.3. The summed E-state index contributed by atoms with van der Waals surface area (Å²) in [7, 11) is 1.26. The number of carbonyl (C=O) groups excluding carboxylic acids is 4. The molecule has 3 rings (SSSR count). The Labute approximate surface area is 228 Å². The molecule has 0 fully saturated rings. The number of benzene rings is 1. The van der Waals surface area contributed by atoms with Gasteiger partial charge in [0.05, 0.1) is 7.11 Å². The Balaban J connectivity index is 2.36. The predicted octanol–water partition coefficient (Wildman–Crippen LogP) is 2.60. The van der Waals surface area contributed by atoms with Gasteiger partial charge in [-0.3, -0.25) is 9.59 Å². The number of hydrogen-bond acceptors (Lipinski definition) is 8. The van der Waals surface area contributed by atoms with E-state index < -0.39 is 47.6 Å². The van der Waals surface area contributed by atoms with Crippen LogP contribution >= 0.6 is 11.8 Å². The van der Waals surface area contributed by atoms with Gasteiger partial charge in [-0.05, 0) is 44.4 Å². The Morgan fingerprint density at radius 2 is 1.76 bits per heavy atom. The highest BCUT2D eigenvalue weighted by atomic mass is 32.2. The van der Waals surface area contributed by atoms with Gasteiger partial charge in [0.15, 0.2) is 0 Å². The molecule has 2 aliphatic rings. The summed E-state index contributed by atoms with van der Waals surface area (Å²) in [5.41, 5.74) is 0.0125. The standard InChI is InChI=1S/C27H39N3O7S/c1-17(2)22-24(32)28-21(25(33)35-6)16-38-14-8-7-13-36-19-11-9-18(10-12-19)15-20(23(31)30-22)29-26(34)37-27(3,4)5/h7-12,17,20-22H,13-16H2,1-6H3,(H,28,32)(H,29,34)(H,30,31)/b8-7+/t20-,21-,22-/m0/s1. The van der Waals surface area contributed by atoms with Crippen molar-refractivity contribution in [3.63, 3.8) is 0 Å². The maximum atomic E-state index is 13.4. The molecule has 2 heterocycles. The second-order valence-corrected chi connectivity index (χ2v) is 11.3. The molecule has 1 aromatic rings. The molecule has 0 saturated carbocycles. The number of amides is 3. The Bertz CT molecular complexity index is 989. The van der Waals surface area contributed by atoms with E-state index in [1.165, 1.54) is 18.9 Å². The van der Waals surface area contributed by atoms with Crippen molar-refractivity contribution in [3.8, 4) is 5.75 Å². The molecule has 38 heavy (non-hydrogen) atoms. The van der Waals surface area contributed by atoms with Crippen LogP contribution in [-0.2, 0) is 30.3 Å². The number of esters is 1. The molecule has 10 nitrogen and oxygen atoms in total. The van der Waals surface area contributed by atoms with Crippen LogP contribution in [0.1, 0.15) is 40.2 Å². The SMILES string of the molecule is COC(=O)[C@@H]1CSC/C=C/COc2ccc(cc2)C[C@H](NC(=O)OC(C)(C)C)C(=O)N[C@@H](C(C)C)C(=O)N1. The number of hydrogen-bond donors (Lipinski definition) is 3. The third-order valence-electron chi connectivity index (χ3n) is 5.43. The molecule has 3 amide bonds. The van der Waals surface area contributed by atoms with E-state index in [0.717, 1.165) is 5.56 Å². The number of nitrogens with one attached hydrogen (secondary N) is 3. The van der Waals surface area contributed by atoms with E-state index in [2.05, 4.69) is 16.0 Å². The number of methoxy groups -OCH3 is 1. The minimum atomic E-state index is -1.03. The van der Waals surface area contributed by atoms with Crippen LogP contribution in [0.5, 0.6) is 5.75 Å². The van der Waals surface area contributed by atoms with Gasteiger partial charge in [0.1, 0.15) is 36.1 Å². The van der Waals surface area contributed by atoms with Crippen molar-refractivity contribution >= 4 is 35.6 Å². The quantitative estimate of drug-likeness (QED) is 0.387. The molecule has 0 spiro atoms. The van der Waals surface area contributed by atoms with Gasteiger partial charge in [0, 0.05) is 17.9 Å². The van der Waals surface area contributed by atoms with Crippen molar-refractivity contribution in [2.24, 2.45) is 5.92 Å². The first-order chi connectivity index (χ1) is 17.9. The molecule has 2 aliphatic heterocycles. The van der Waals surface area contributed by atoms with Crippen molar-refractivity contribution in [1.82, 2.24) is 16.0 Å². The molecule has 0 aliphatic carbocycles. The predicted molar refractivity (Wildman–Crippen MR) is 146 cm³/mol. The van der Waals surface area contributed by atoms with Crippen LogP contribution in [0.25, 0.3) is 0 Å². The molecule has 0 unspecified atom stereocenters. The largest absolute Gasteiger partial charge is 0.490 e. The van der Waals surface area contributed by atoms with E-state index in [-0.39, 0.29) is 18.1 Å². The van der Waals surface area contributed by atoms with Crippen LogP contribution in [-0.4, -0.2) is 72.8 Å². The lowest BCUT2D eigenvalue weighted by molar-refractivity contribution is -0.144. The van der Waals surface area contributed by atoms with Crippen LogP contribution < -0.4 is 20.7 Å². The normalized spacial score (nSPS) is 22.6. The van der Waals surface area contributed by atoms with E-state index in [1.54, 1.807) is 46.8 Å². The molecule has 11 heteroatoms. The Kier molecular flexibility index (Phi) is 12.0. The van der Waals surface area contributed by atoms with Gasteiger partial charge in [-0.1, -0.05) is 38.1 Å². The van der Waals surface area contributed by atoms with Crippen molar-refractivity contribution < 1.29 is 33.4 Å². The zero-order valence-corrected chi connectivity index (χ0v) is 23.7. The molecule has 1 aromatic carbocycles. The molecule has 0 radical (unpaired) electrons. The van der Waals surface area contributed by atoms with Gasteiger partial charge in [-0.15, -0.1) is 0 Å². The van der Waals surface area contributed by atoms with E-state index >= 15 is 0 Å². The highest BCUT2D eigenvalue weighted by Gasteiger charge is 2.32. The molecule has 0 aromatic heterocycles. The summed E-state index contributed by atoms with van der Waals surface area (Å²) in [6.45, 7) is 9.09. The maximum absolute atomic E-state index is 13.4. The van der Waals surface area contributed by atoms with Crippen molar-refractivity contribution in [3.05, 3.63) is 42.0 Å². The summed E-state index contributed by atoms with van der Waals surface area (Å²) in [4.78, 5) is 51.5. The number of thioether (sulfide) groups is 1. The van der Waals surface area contributed by atoms with Crippen LogP contribution in [0.2, 0.25) is 0 Å². The van der Waals surface area contributed by atoms with Gasteiger partial charge in [-0.25, -0.2) is 9.59 Å². The monoisotopic (exact) mass is 549 g/mol. The number of ether oxygens (including phenoxy) is 3. The van der Waals surface area contributed by atoms with Crippen molar-refractivity contribution in [2.75, 3.05) is 25.2 Å². The highest BCUT2D eigenvalue weighted by Crippen LogP contribution is 2.15. The lowest BCUT2D eigenvalue weighted by Crippen LogP contribution is -2.58. The van der Waals surface area contributed by atoms with Gasteiger partial charge < -0.3 is 30.2 Å². The second-order valence-electron chi connectivity index (χ2n) is 10.2. The summed E-state index contributed by atoms with van der Waals surface area (Å²) >= 11 is 1.45. The summed E-state index contributed by atoms with van der Waals surface area (Å²) in [5, 5.41) is 8.09. The average molecular weight is 550 g/mol. The summed E-state index contributed by atoms with van der Waals surface area (Å²) in [5.74, 6) is -0.418. The maximum Gasteiger partial charge on any atom is 0.408 e. The Hall–Kier alpha value is -3.21. The molecule has 3 N–H and O–H groups in total. The van der Waals surface area contributed by atoms with Crippen LogP contribution in [0.15, 0.2) is 36.4 Å². The molecular weight excluding hydrogens is 510 g/mol. The fourth-order valence-electron chi connectivity index (χ4n) is 3.51. The summed E-state index contributed by atoms with van der Waals surface area (Å²) < 4.78 is 15.9. The lowest BCUT2D eigenvalue weighted by atomic mass is 10.0. The first kappa shape index (κ1) is 31.0. The zero-order valence-electron chi connectivity index (χ0n) is 22.9. The second kappa shape index (κ2) is 14.7. The molecule has 3 atom stereocenters. The van der Waals surface area contributed by atoms with E-state index in [4.69, 9.17) is 14.2 Å². The smallest absolute Gasteiger partial charge is 0.408 e. The topological polar surface area (TPSA) is 132 Å². The Morgan fingerprint density at radius 3 is 2.37 bits per heavy atom. The van der Waals surface area contributed by atoms with Gasteiger partial charge in [-0.2, -0.15) is 11.8 Å². The fourth-order valence-corrected chi connectivity index (χ4v) is 4.38. The van der Waals surface area contributed by atoms with Crippen LogP contribution in [0, 0.1) is 5.92 Å². The minimum Gasteiger partial charge on any atom is -0.490 e. The third-order valence-corrected chi connectivity index (χ3v) is 6.43. The van der Waals surface area contributed by atoms with E-state index in [0.29, 0.717) is 18.1 Å². The van der Waals surface area contributed by atoms with Crippen LogP contribution in [0.3, 0.4) is 0 Å². The van der Waals surface area contributed by atoms with Crippen molar-refractivity contribution in [1.29, 1.82) is 0 Å². The summed E-state index contributed by atoms with van der Waals surface area (Å²) in [6.07, 6.45) is 3.20. The minimum absolute atomic E-state index is 0.152. The van der Waals surface area contributed by atoms with Crippen LogP contribution in [0.4, 0.5) is 4.79 Å². The summed E-state index contributed by atoms with van der Waals surface area (Å²) in [6, 6.07) is 4.33. The van der Waals surface area contributed by atoms with Gasteiger partial charge in [0.2, 0.25) is 11.8 Å².